The minimum Gasteiger partial charge on any atom is -0.393 e. The first kappa shape index (κ1) is 22.7. The van der Waals surface area contributed by atoms with Crippen molar-refractivity contribution in [1.29, 1.82) is 0 Å². The first-order chi connectivity index (χ1) is 11.4. The van der Waals surface area contributed by atoms with Crippen LogP contribution in [0.5, 0.6) is 0 Å². The summed E-state index contributed by atoms with van der Waals surface area (Å²) in [6, 6.07) is 8.88. The predicted molar refractivity (Wildman–Crippen MR) is 120 cm³/mol. The number of hydrogen-bond donors (Lipinski definition) is 3. The third-order valence-electron chi connectivity index (χ3n) is 4.64. The molecular weight excluding hydrogens is 493 g/mol. The van der Waals surface area contributed by atoms with Gasteiger partial charge in [-0.15, -0.1) is 24.0 Å². The van der Waals surface area contributed by atoms with Crippen LogP contribution in [0.1, 0.15) is 52.0 Å². The number of aliphatic hydroxyl groups excluding tert-OH is 1. The highest BCUT2D eigenvalue weighted by molar-refractivity contribution is 14.0. The van der Waals surface area contributed by atoms with Crippen molar-refractivity contribution in [3.63, 3.8) is 0 Å². The van der Waals surface area contributed by atoms with Crippen LogP contribution in [0.2, 0.25) is 0 Å². The van der Waals surface area contributed by atoms with Crippen molar-refractivity contribution in [2.24, 2.45) is 4.99 Å². The van der Waals surface area contributed by atoms with Crippen molar-refractivity contribution < 1.29 is 5.11 Å². The molecule has 0 amide bonds. The average Bonchev–Trinajstić information content (AvgIpc) is 2.55. The van der Waals surface area contributed by atoms with Gasteiger partial charge >= 0.3 is 0 Å². The van der Waals surface area contributed by atoms with Gasteiger partial charge in [-0.25, -0.2) is 0 Å². The molecule has 142 valence electrons. The summed E-state index contributed by atoms with van der Waals surface area (Å²) in [4.78, 5) is 4.82. The molecular formula is C19H31BrIN3O. The largest absolute Gasteiger partial charge is 0.393 e. The van der Waals surface area contributed by atoms with Crippen LogP contribution < -0.4 is 10.6 Å². The van der Waals surface area contributed by atoms with Gasteiger partial charge in [0, 0.05) is 22.5 Å². The Morgan fingerprint density at radius 1 is 1.20 bits per heavy atom. The smallest absolute Gasteiger partial charge is 0.191 e. The lowest BCUT2D eigenvalue weighted by atomic mass is 9.85. The van der Waals surface area contributed by atoms with E-state index in [0.717, 1.165) is 49.2 Å². The van der Waals surface area contributed by atoms with E-state index in [1.165, 1.54) is 5.56 Å². The van der Waals surface area contributed by atoms with Crippen molar-refractivity contribution >= 4 is 45.9 Å². The Balaban J connectivity index is 0.00000312. The van der Waals surface area contributed by atoms with Gasteiger partial charge in [0.25, 0.3) is 0 Å². The number of nitrogens with zero attached hydrogens (tertiary/aromatic N) is 1. The molecule has 0 aromatic heterocycles. The fraction of sp³-hybridized carbons (Fsp3) is 0.632. The second-order valence-corrected chi connectivity index (χ2v) is 8.15. The van der Waals surface area contributed by atoms with Crippen molar-refractivity contribution in [2.75, 3.05) is 13.1 Å². The molecule has 1 aliphatic rings. The minimum atomic E-state index is -0.126. The van der Waals surface area contributed by atoms with Crippen LogP contribution in [-0.4, -0.2) is 36.3 Å². The number of aliphatic hydroxyl groups is 1. The lowest BCUT2D eigenvalue weighted by molar-refractivity contribution is 0.120. The highest BCUT2D eigenvalue weighted by Crippen LogP contribution is 2.25. The van der Waals surface area contributed by atoms with E-state index in [9.17, 15) is 5.11 Å². The molecule has 1 saturated carbocycles. The van der Waals surface area contributed by atoms with Gasteiger partial charge in [0.2, 0.25) is 0 Å². The zero-order valence-electron chi connectivity index (χ0n) is 15.4. The second-order valence-electron chi connectivity index (χ2n) is 7.24. The number of rotatable bonds is 5. The normalized spacial score (nSPS) is 21.4. The average molecular weight is 524 g/mol. The molecule has 6 heteroatoms. The first-order valence-corrected chi connectivity index (χ1v) is 9.69. The Morgan fingerprint density at radius 2 is 1.80 bits per heavy atom. The van der Waals surface area contributed by atoms with E-state index in [1.807, 2.05) is 0 Å². The summed E-state index contributed by atoms with van der Waals surface area (Å²) >= 11 is 3.49. The number of nitrogens with one attached hydrogen (secondary N) is 2. The Kier molecular flexibility index (Phi) is 9.74. The maximum Gasteiger partial charge on any atom is 0.191 e. The van der Waals surface area contributed by atoms with E-state index in [2.05, 4.69) is 71.6 Å². The van der Waals surface area contributed by atoms with E-state index in [-0.39, 0.29) is 35.5 Å². The zero-order valence-corrected chi connectivity index (χ0v) is 19.3. The van der Waals surface area contributed by atoms with E-state index in [0.29, 0.717) is 6.04 Å². The molecule has 1 fully saturated rings. The molecule has 1 aliphatic carbocycles. The highest BCUT2D eigenvalue weighted by Gasteiger charge is 2.22. The van der Waals surface area contributed by atoms with Crippen molar-refractivity contribution in [2.45, 2.75) is 64.0 Å². The topological polar surface area (TPSA) is 56.7 Å². The molecule has 0 spiro atoms. The van der Waals surface area contributed by atoms with Gasteiger partial charge in [-0.2, -0.15) is 0 Å². The summed E-state index contributed by atoms with van der Waals surface area (Å²) in [5, 5.41) is 16.5. The second kappa shape index (κ2) is 10.7. The van der Waals surface area contributed by atoms with Crippen molar-refractivity contribution in [1.82, 2.24) is 10.6 Å². The van der Waals surface area contributed by atoms with Crippen molar-refractivity contribution in [3.05, 3.63) is 34.3 Å². The molecule has 0 heterocycles. The molecule has 1 aromatic carbocycles. The summed E-state index contributed by atoms with van der Waals surface area (Å²) in [5.74, 6) is 0.879. The molecule has 0 atom stereocenters. The van der Waals surface area contributed by atoms with Crippen LogP contribution in [0.25, 0.3) is 0 Å². The number of halogens is 2. The van der Waals surface area contributed by atoms with Gasteiger partial charge < -0.3 is 15.7 Å². The van der Waals surface area contributed by atoms with Crippen LogP contribution >= 0.6 is 39.9 Å². The third kappa shape index (κ3) is 7.43. The molecule has 25 heavy (non-hydrogen) atoms. The molecule has 2 rings (SSSR count). The van der Waals surface area contributed by atoms with Gasteiger partial charge in [-0.3, -0.25) is 4.99 Å². The molecule has 0 radical (unpaired) electrons. The standard InChI is InChI=1S/C19H30BrN3O.HI/c1-4-21-18(23-16-9-11-17(24)12-10-16)22-13-19(2,3)14-5-7-15(20)8-6-14;/h5-8,16-17,24H,4,9-13H2,1-3H3,(H2,21,22,23);1H. The quantitative estimate of drug-likeness (QED) is 0.308. The van der Waals surface area contributed by atoms with Crippen LogP contribution in [0.4, 0.5) is 0 Å². The number of aliphatic imine (C=N–C) groups is 1. The SMILES string of the molecule is CCNC(=NCC(C)(C)c1ccc(Br)cc1)NC1CCC(O)CC1.I. The maximum atomic E-state index is 9.64. The van der Waals surface area contributed by atoms with Crippen molar-refractivity contribution in [3.8, 4) is 0 Å². The van der Waals surface area contributed by atoms with Gasteiger partial charge in [0.05, 0.1) is 12.6 Å². The molecule has 4 nitrogen and oxygen atoms in total. The van der Waals surface area contributed by atoms with Gasteiger partial charge in [-0.1, -0.05) is 41.9 Å². The van der Waals surface area contributed by atoms with Gasteiger partial charge in [0.1, 0.15) is 0 Å². The predicted octanol–water partition coefficient (Wildman–Crippen LogP) is 4.20. The first-order valence-electron chi connectivity index (χ1n) is 8.89. The van der Waals surface area contributed by atoms with Crippen LogP contribution in [0, 0.1) is 0 Å². The van der Waals surface area contributed by atoms with Crippen LogP contribution in [0.15, 0.2) is 33.7 Å². The fourth-order valence-electron chi connectivity index (χ4n) is 3.00. The maximum absolute atomic E-state index is 9.64. The minimum absolute atomic E-state index is 0. The number of benzene rings is 1. The lowest BCUT2D eigenvalue weighted by Gasteiger charge is -2.28. The Hall–Kier alpha value is -0.340. The summed E-state index contributed by atoms with van der Waals surface area (Å²) in [6.07, 6.45) is 3.63. The monoisotopic (exact) mass is 523 g/mol. The summed E-state index contributed by atoms with van der Waals surface area (Å²) < 4.78 is 1.10. The lowest BCUT2D eigenvalue weighted by Crippen LogP contribution is -2.45. The van der Waals surface area contributed by atoms with Gasteiger partial charge in [0.15, 0.2) is 5.96 Å². The molecule has 0 saturated heterocycles. The Labute approximate surface area is 177 Å². The Morgan fingerprint density at radius 3 is 2.36 bits per heavy atom. The molecule has 0 bridgehead atoms. The molecule has 0 unspecified atom stereocenters. The van der Waals surface area contributed by atoms with E-state index in [4.69, 9.17) is 4.99 Å². The van der Waals surface area contributed by atoms with Gasteiger partial charge in [-0.05, 0) is 50.3 Å². The van der Waals surface area contributed by atoms with E-state index >= 15 is 0 Å². The molecule has 3 N–H and O–H groups in total. The van der Waals surface area contributed by atoms with Crippen LogP contribution in [0.3, 0.4) is 0 Å². The number of hydrogen-bond acceptors (Lipinski definition) is 2. The fourth-order valence-corrected chi connectivity index (χ4v) is 3.27. The van der Waals surface area contributed by atoms with Crippen LogP contribution in [-0.2, 0) is 5.41 Å². The summed E-state index contributed by atoms with van der Waals surface area (Å²) in [7, 11) is 0. The zero-order chi connectivity index (χ0) is 17.6. The van der Waals surface area contributed by atoms with E-state index < -0.39 is 0 Å². The third-order valence-corrected chi connectivity index (χ3v) is 5.17. The molecule has 1 aromatic rings. The summed E-state index contributed by atoms with van der Waals surface area (Å²) in [5.41, 5.74) is 1.26. The molecule has 0 aliphatic heterocycles. The Bertz CT molecular complexity index is 540. The number of guanidine groups is 1. The van der Waals surface area contributed by atoms with E-state index in [1.54, 1.807) is 0 Å². The highest BCUT2D eigenvalue weighted by atomic mass is 127. The summed E-state index contributed by atoms with van der Waals surface area (Å²) in [6.45, 7) is 8.10.